The first-order valence-electron chi connectivity index (χ1n) is 18.7. The van der Waals surface area contributed by atoms with Gasteiger partial charge in [-0.05, 0) is 84.4 Å². The number of aromatic carboxylic acids is 1. The van der Waals surface area contributed by atoms with Crippen LogP contribution in [0, 0.1) is 0 Å². The van der Waals surface area contributed by atoms with Crippen molar-refractivity contribution in [1.29, 1.82) is 0 Å². The summed E-state index contributed by atoms with van der Waals surface area (Å²) < 4.78 is 129. The number of hydrogen-bond acceptors (Lipinski definition) is 23. The molecule has 0 saturated carbocycles. The van der Waals surface area contributed by atoms with Crippen molar-refractivity contribution in [2.45, 2.75) is 14.7 Å². The van der Waals surface area contributed by atoms with Gasteiger partial charge in [0, 0.05) is 11.4 Å². The fourth-order valence-electron chi connectivity index (χ4n) is 6.07. The molecule has 4 aromatic carbocycles. The second kappa shape index (κ2) is 20.8. The van der Waals surface area contributed by atoms with Crippen molar-refractivity contribution in [2.24, 2.45) is 25.4 Å². The third-order valence-electron chi connectivity index (χ3n) is 9.05. The average Bonchev–Trinajstić information content (AvgIpc) is 3.69. The largest absolute Gasteiger partial charge is 1.00 e. The normalized spacial score (nSPS) is 12.7. The number of nitrogens with zero attached hydrogens (tertiary/aromatic N) is 9. The number of para-hydroxylation sites is 1. The van der Waals surface area contributed by atoms with Crippen LogP contribution >= 0.6 is 11.6 Å². The smallest absolute Gasteiger partial charge is 0.543 e. The number of aromatic amines is 1. The molecule has 3 aromatic heterocycles. The van der Waals surface area contributed by atoms with E-state index in [1.54, 1.807) is 30.3 Å². The number of fused-ring (bicyclic) bond motifs is 1. The fraction of sp³-hybridized carbons (Fsp3) is 0.0556. The van der Waals surface area contributed by atoms with Crippen LogP contribution in [-0.2, 0) is 44.7 Å². The van der Waals surface area contributed by atoms with Crippen LogP contribution in [-0.4, -0.2) is 89.6 Å². The Hall–Kier alpha value is -6.89. The standard InChI is InChI=1S/C36H28ClN13O16S4.Na/c37-34-42-35(40-19-6-10-22(11-7-19)67(55,56)15-14-66-70(63,64)65)44-36(43-34)41-20-9-13-25(68(57,58)59)24(16-20)46-48-28-30(38)50-31(51)27(29(33(53)54)49(50)32(28)52)47-45-21-8-12-23(26(17-21)69(60,61)62)39-18-4-2-1-3-5-18;/h1-13,16-17,39H,14-15,38H2,(H,53,54)(H,57,58,59)(H,60,61,62)(H,63,64,65)(H2,40,41,42,43,44);/q;+1/p-1. The van der Waals surface area contributed by atoms with E-state index >= 15 is 0 Å². The van der Waals surface area contributed by atoms with Crippen molar-refractivity contribution in [2.75, 3.05) is 28.7 Å². The Labute approximate surface area is 424 Å². The van der Waals surface area contributed by atoms with Gasteiger partial charge in [-0.3, -0.25) is 28.2 Å². The van der Waals surface area contributed by atoms with E-state index in [1.165, 1.54) is 24.3 Å². The summed E-state index contributed by atoms with van der Waals surface area (Å²) in [5.74, 6) is -4.00. The Kier molecular flexibility index (Phi) is 15.7. The van der Waals surface area contributed by atoms with Crippen LogP contribution in [0.5, 0.6) is 0 Å². The number of nitrogens with one attached hydrogen (secondary N) is 3. The molecule has 0 radical (unpaired) electrons. The van der Waals surface area contributed by atoms with Gasteiger partial charge in [0.05, 0.1) is 40.3 Å². The maximum Gasteiger partial charge on any atom is 1.00 e. The number of nitrogen functional groups attached to an aromatic ring is 1. The maximum absolute atomic E-state index is 13.6. The number of carbonyl (C=O) groups excluding carboxylic acids is 1. The number of carbonyl (C=O) groups is 1. The number of azo groups is 2. The number of carboxylic acids is 1. The first-order chi connectivity index (χ1) is 32.8. The number of rotatable bonds is 17. The van der Waals surface area contributed by atoms with Crippen molar-refractivity contribution in [3.05, 3.63) is 128 Å². The average molecular weight is 1080 g/mol. The van der Waals surface area contributed by atoms with Gasteiger partial charge >= 0.3 is 51.1 Å². The van der Waals surface area contributed by atoms with Gasteiger partial charge in [0.15, 0.2) is 27.0 Å². The molecule has 0 aliphatic heterocycles. The number of carboxylic acid groups (broad SMARTS) is 1. The summed E-state index contributed by atoms with van der Waals surface area (Å²) in [6.45, 7) is -0.848. The van der Waals surface area contributed by atoms with E-state index in [9.17, 15) is 62.3 Å². The summed E-state index contributed by atoms with van der Waals surface area (Å²) >= 11 is 6.13. The van der Waals surface area contributed by atoms with E-state index in [1.807, 2.05) is 0 Å². The minimum absolute atomic E-state index is 0. The molecule has 364 valence electrons. The molecule has 0 fully saturated rings. The summed E-state index contributed by atoms with van der Waals surface area (Å²) in [5.41, 5.74) is -0.783. The molecule has 7 rings (SSSR count). The van der Waals surface area contributed by atoms with Gasteiger partial charge in [-0.1, -0.05) is 18.2 Å². The van der Waals surface area contributed by atoms with Crippen molar-refractivity contribution in [1.82, 2.24) is 24.0 Å². The zero-order valence-electron chi connectivity index (χ0n) is 35.3. The van der Waals surface area contributed by atoms with Crippen LogP contribution in [0.3, 0.4) is 0 Å². The Bertz CT molecular complexity index is 3970. The molecule has 0 amide bonds. The molecule has 71 heavy (non-hydrogen) atoms. The Morgan fingerprint density at radius 2 is 1.37 bits per heavy atom. The summed E-state index contributed by atoms with van der Waals surface area (Å²) in [6.07, 6.45) is 0. The number of aromatic nitrogens is 5. The number of halogens is 1. The molecule has 3 heterocycles. The van der Waals surface area contributed by atoms with Crippen molar-refractivity contribution >= 4 is 115 Å². The molecule has 0 unspecified atom stereocenters. The van der Waals surface area contributed by atoms with Gasteiger partial charge in [0.1, 0.15) is 21.2 Å². The molecule has 0 saturated heterocycles. The summed E-state index contributed by atoms with van der Waals surface area (Å²) in [4.78, 5) is 52.5. The fourth-order valence-corrected chi connectivity index (χ4v) is 8.99. The van der Waals surface area contributed by atoms with Crippen molar-refractivity contribution < 1.29 is 91.0 Å². The Balaban J connectivity index is 0.00000825. The summed E-state index contributed by atoms with van der Waals surface area (Å²) in [7, 11) is -18.9. The Morgan fingerprint density at radius 3 is 2.00 bits per heavy atom. The maximum atomic E-state index is 13.6. The van der Waals surface area contributed by atoms with Gasteiger partial charge in [-0.2, -0.15) is 44.9 Å². The number of benzene rings is 4. The first kappa shape index (κ1) is 53.5. The van der Waals surface area contributed by atoms with Gasteiger partial charge in [0.2, 0.25) is 16.9 Å². The molecule has 29 nitrogen and oxygen atoms in total. The van der Waals surface area contributed by atoms with E-state index in [0.717, 1.165) is 36.4 Å². The van der Waals surface area contributed by atoms with Gasteiger partial charge in [-0.15, -0.1) is 15.3 Å². The first-order valence-corrected chi connectivity index (χ1v) is 25.0. The summed E-state index contributed by atoms with van der Waals surface area (Å²) in [6, 6.07) is 19.2. The van der Waals surface area contributed by atoms with Crippen LogP contribution in [0.15, 0.2) is 141 Å². The van der Waals surface area contributed by atoms with E-state index in [-0.39, 0.29) is 78.6 Å². The molecule has 0 aliphatic carbocycles. The predicted octanol–water partition coefficient (Wildman–Crippen LogP) is -0.445. The van der Waals surface area contributed by atoms with Crippen molar-refractivity contribution in [3.8, 4) is 0 Å². The topological polar surface area (TPSA) is 443 Å². The molecular weight excluding hydrogens is 1060 g/mol. The quantitative estimate of drug-likeness (QED) is 0.0345. The zero-order valence-corrected chi connectivity index (χ0v) is 41.4. The SMILES string of the molecule is Nc1c(N=Nc2cc(N=c3nc(Nc4ccc(S(=O)(=O)CCOS(=O)(=O)O)cc4)nc(Cl)[nH]3)ccc2S(=O)(=O)O)c(=O)n2c(C(=O)[O-])c(N=Nc3ccc(Nc4ccccc4)c(S(=O)(=O)O)c3)c(=O)n12.[Na+]. The third-order valence-corrected chi connectivity index (χ3v) is 13.2. The molecule has 0 atom stereocenters. The number of sulfone groups is 1. The number of H-pyrrole nitrogens is 1. The van der Waals surface area contributed by atoms with Gasteiger partial charge in [0.25, 0.3) is 20.2 Å². The van der Waals surface area contributed by atoms with Crippen LogP contribution in [0.4, 0.5) is 57.3 Å². The van der Waals surface area contributed by atoms with Crippen LogP contribution in [0.2, 0.25) is 5.28 Å². The van der Waals surface area contributed by atoms with Crippen LogP contribution in [0.25, 0.3) is 0 Å². The van der Waals surface area contributed by atoms with E-state index in [0.29, 0.717) is 10.2 Å². The molecule has 0 spiro atoms. The molecule has 0 bridgehead atoms. The number of anilines is 5. The van der Waals surface area contributed by atoms with E-state index in [4.69, 9.17) is 21.9 Å². The molecule has 35 heteroatoms. The van der Waals surface area contributed by atoms with Gasteiger partial charge in [-0.25, -0.2) is 22.1 Å². The number of hydrogen-bond donors (Lipinski definition) is 7. The molecule has 0 aliphatic rings. The molecule has 8 N–H and O–H groups in total. The summed E-state index contributed by atoms with van der Waals surface area (Å²) in [5, 5.41) is 32.3. The minimum Gasteiger partial charge on any atom is -0.543 e. The zero-order chi connectivity index (χ0) is 50.9. The molecular formula is C36H27ClN13NaO16S4. The minimum atomic E-state index is -5.09. The third kappa shape index (κ3) is 12.5. The van der Waals surface area contributed by atoms with E-state index < -0.39 is 108 Å². The monoisotopic (exact) mass is 1080 g/mol. The van der Waals surface area contributed by atoms with Crippen molar-refractivity contribution in [3.63, 3.8) is 0 Å². The van der Waals surface area contributed by atoms with Crippen LogP contribution < -0.4 is 67.8 Å². The van der Waals surface area contributed by atoms with Gasteiger partial charge < -0.3 is 26.3 Å². The number of nitrogens with two attached hydrogens (primary N) is 1. The molecule has 7 aromatic rings. The van der Waals surface area contributed by atoms with Crippen LogP contribution in [0.1, 0.15) is 10.5 Å². The second-order valence-corrected chi connectivity index (χ2v) is 20.1. The Morgan fingerprint density at radius 1 is 0.746 bits per heavy atom. The predicted molar refractivity (Wildman–Crippen MR) is 240 cm³/mol. The van der Waals surface area contributed by atoms with E-state index in [2.05, 4.69) is 55.2 Å². The second-order valence-electron chi connectivity index (χ2n) is 13.7.